The minimum atomic E-state index is -0.792. The smallest absolute Gasteiger partial charge is 0.276 e. The van der Waals surface area contributed by atoms with E-state index in [-0.39, 0.29) is 11.4 Å². The normalized spacial score (nSPS) is 10.8. The second-order valence-electron chi connectivity index (χ2n) is 6.39. The van der Waals surface area contributed by atoms with E-state index < -0.39 is 11.8 Å². The van der Waals surface area contributed by atoms with Crippen molar-refractivity contribution >= 4 is 28.5 Å². The number of carbonyl (C=O) groups excluding carboxylic acids is 2. The van der Waals surface area contributed by atoms with Crippen LogP contribution in [0, 0.1) is 6.92 Å². The number of carbonyl (C=O) groups is 2. The van der Waals surface area contributed by atoms with Crippen molar-refractivity contribution in [2.75, 3.05) is 12.4 Å². The Labute approximate surface area is 165 Å². The Morgan fingerprint density at radius 3 is 2.69 bits per heavy atom. The van der Waals surface area contributed by atoms with Crippen LogP contribution in [-0.2, 0) is 0 Å². The number of hydrogen-bond donors (Lipinski definition) is 3. The topological polar surface area (TPSA) is 128 Å². The lowest BCUT2D eigenvalue weighted by Crippen LogP contribution is -2.23. The van der Waals surface area contributed by atoms with Gasteiger partial charge in [0.15, 0.2) is 5.69 Å². The van der Waals surface area contributed by atoms with Gasteiger partial charge in [-0.3, -0.25) is 14.2 Å². The summed E-state index contributed by atoms with van der Waals surface area (Å²) in [4.78, 5) is 36.6. The average Bonchev–Trinajstić information content (AvgIpc) is 3.33. The lowest BCUT2D eigenvalue weighted by atomic mass is 10.2. The number of nitrogens with one attached hydrogen (secondary N) is 2. The van der Waals surface area contributed by atoms with Crippen molar-refractivity contribution in [1.82, 2.24) is 19.5 Å². The third kappa shape index (κ3) is 3.29. The molecule has 0 aliphatic carbocycles. The summed E-state index contributed by atoms with van der Waals surface area (Å²) < 4.78 is 6.54. The summed E-state index contributed by atoms with van der Waals surface area (Å²) in [5.41, 5.74) is 8.27. The highest BCUT2D eigenvalue weighted by Gasteiger charge is 2.24. The lowest BCUT2D eigenvalue weighted by molar-refractivity contribution is 0.0970. The van der Waals surface area contributed by atoms with Crippen LogP contribution >= 0.6 is 0 Å². The largest absolute Gasteiger partial charge is 0.497 e. The molecule has 0 unspecified atom stereocenters. The van der Waals surface area contributed by atoms with Crippen molar-refractivity contribution in [2.24, 2.45) is 5.73 Å². The summed E-state index contributed by atoms with van der Waals surface area (Å²) in [7, 11) is 1.57. The summed E-state index contributed by atoms with van der Waals surface area (Å²) in [5.74, 6) is -0.332. The first-order chi connectivity index (χ1) is 14.0. The summed E-state index contributed by atoms with van der Waals surface area (Å²) in [6.07, 6.45) is 1.34. The van der Waals surface area contributed by atoms with Crippen molar-refractivity contribution < 1.29 is 14.3 Å². The van der Waals surface area contributed by atoms with Gasteiger partial charge in [0.05, 0.1) is 18.1 Å². The highest BCUT2D eigenvalue weighted by molar-refractivity contribution is 6.10. The van der Waals surface area contributed by atoms with Gasteiger partial charge >= 0.3 is 0 Å². The van der Waals surface area contributed by atoms with Crippen molar-refractivity contribution in [3.8, 4) is 11.7 Å². The molecule has 9 heteroatoms. The molecule has 2 heterocycles. The fourth-order valence-electron chi connectivity index (χ4n) is 3.05. The number of fused-ring (bicyclic) bond motifs is 1. The maximum Gasteiger partial charge on any atom is 0.276 e. The number of H-pyrrole nitrogens is 1. The first-order valence-corrected chi connectivity index (χ1v) is 8.76. The monoisotopic (exact) mass is 390 g/mol. The third-order valence-electron chi connectivity index (χ3n) is 4.50. The van der Waals surface area contributed by atoms with Gasteiger partial charge in [-0.25, -0.2) is 9.97 Å². The number of amides is 2. The number of methoxy groups -OCH3 is 1. The molecule has 0 bridgehead atoms. The highest BCUT2D eigenvalue weighted by atomic mass is 16.5. The van der Waals surface area contributed by atoms with Crippen LogP contribution in [-0.4, -0.2) is 38.4 Å². The van der Waals surface area contributed by atoms with Crippen LogP contribution in [0.4, 0.5) is 5.69 Å². The molecule has 146 valence electrons. The number of anilines is 1. The van der Waals surface area contributed by atoms with Crippen LogP contribution in [0.15, 0.2) is 48.8 Å². The van der Waals surface area contributed by atoms with Crippen LogP contribution in [0.3, 0.4) is 0 Å². The zero-order valence-electron chi connectivity index (χ0n) is 15.8. The summed E-state index contributed by atoms with van der Waals surface area (Å²) in [5, 5.41) is 2.76. The van der Waals surface area contributed by atoms with E-state index in [0.717, 1.165) is 11.1 Å². The Morgan fingerprint density at radius 2 is 2.00 bits per heavy atom. The van der Waals surface area contributed by atoms with Gasteiger partial charge in [-0.1, -0.05) is 12.1 Å². The Bertz CT molecular complexity index is 1210. The standard InChI is InChI=1S/C20H18N6O3/c1-11-9-12(29-2)7-8-13(11)23-19(28)16-17(18(21)27)26(10-22-16)20-24-14-5-3-4-6-15(14)25-20/h3-10H,1-2H3,(H2,21,27)(H,23,28)(H,24,25). The molecule has 0 aliphatic rings. The average molecular weight is 390 g/mol. The molecule has 0 saturated carbocycles. The number of para-hydroxylation sites is 2. The molecular weight excluding hydrogens is 372 g/mol. The van der Waals surface area contributed by atoms with Gasteiger partial charge in [0.1, 0.15) is 17.8 Å². The molecule has 4 N–H and O–H groups in total. The van der Waals surface area contributed by atoms with Crippen molar-refractivity contribution in [3.63, 3.8) is 0 Å². The zero-order chi connectivity index (χ0) is 20.5. The highest BCUT2D eigenvalue weighted by Crippen LogP contribution is 2.23. The first-order valence-electron chi connectivity index (χ1n) is 8.76. The number of aryl methyl sites for hydroxylation is 1. The summed E-state index contributed by atoms with van der Waals surface area (Å²) in [6, 6.07) is 12.6. The predicted octanol–water partition coefficient (Wildman–Crippen LogP) is 2.42. The van der Waals surface area contributed by atoms with E-state index in [1.54, 1.807) is 25.3 Å². The number of nitrogens with two attached hydrogens (primary N) is 1. The minimum absolute atomic E-state index is 0.0623. The summed E-state index contributed by atoms with van der Waals surface area (Å²) in [6.45, 7) is 1.83. The summed E-state index contributed by atoms with van der Waals surface area (Å²) >= 11 is 0. The minimum Gasteiger partial charge on any atom is -0.497 e. The van der Waals surface area contributed by atoms with E-state index in [9.17, 15) is 9.59 Å². The molecule has 2 aromatic heterocycles. The Balaban J connectivity index is 1.71. The second kappa shape index (κ2) is 7.12. The number of aromatic nitrogens is 4. The molecule has 2 aromatic carbocycles. The fourth-order valence-corrected chi connectivity index (χ4v) is 3.05. The third-order valence-corrected chi connectivity index (χ3v) is 4.50. The van der Waals surface area contributed by atoms with E-state index in [2.05, 4.69) is 20.3 Å². The Morgan fingerprint density at radius 1 is 1.21 bits per heavy atom. The molecule has 0 spiro atoms. The number of imidazole rings is 2. The van der Waals surface area contributed by atoms with E-state index in [1.807, 2.05) is 31.2 Å². The Kier molecular flexibility index (Phi) is 4.47. The molecule has 2 amide bonds. The lowest BCUT2D eigenvalue weighted by Gasteiger charge is -2.10. The molecule has 4 rings (SSSR count). The van der Waals surface area contributed by atoms with Gasteiger partial charge < -0.3 is 20.8 Å². The molecule has 0 aliphatic heterocycles. The quantitative estimate of drug-likeness (QED) is 0.482. The van der Waals surface area contributed by atoms with Crippen LogP contribution in [0.25, 0.3) is 17.0 Å². The number of primary amides is 1. The van der Waals surface area contributed by atoms with Gasteiger partial charge in [-0.2, -0.15) is 0 Å². The van der Waals surface area contributed by atoms with Crippen LogP contribution in [0.5, 0.6) is 5.75 Å². The molecule has 0 radical (unpaired) electrons. The molecule has 4 aromatic rings. The molecule has 0 atom stereocenters. The number of benzene rings is 2. The van der Waals surface area contributed by atoms with Gasteiger partial charge in [0.2, 0.25) is 5.95 Å². The number of rotatable bonds is 5. The maximum atomic E-state index is 12.8. The molecular formula is C20H18N6O3. The van der Waals surface area contributed by atoms with Gasteiger partial charge in [-0.05, 0) is 42.8 Å². The SMILES string of the molecule is COc1ccc(NC(=O)c2ncn(-c3nc4ccccc4[nH]3)c2C(N)=O)c(C)c1. The molecule has 29 heavy (non-hydrogen) atoms. The van der Waals surface area contributed by atoms with Crippen LogP contribution in [0.1, 0.15) is 26.5 Å². The molecule has 0 saturated heterocycles. The van der Waals surface area contributed by atoms with Gasteiger partial charge in [-0.15, -0.1) is 0 Å². The second-order valence-corrected chi connectivity index (χ2v) is 6.39. The van der Waals surface area contributed by atoms with E-state index in [1.165, 1.54) is 10.9 Å². The fraction of sp³-hybridized carbons (Fsp3) is 0.100. The van der Waals surface area contributed by atoms with Crippen molar-refractivity contribution in [3.05, 3.63) is 65.7 Å². The number of aromatic amines is 1. The van der Waals surface area contributed by atoms with Crippen LogP contribution < -0.4 is 15.8 Å². The van der Waals surface area contributed by atoms with Crippen LogP contribution in [0.2, 0.25) is 0 Å². The first kappa shape index (κ1) is 18.2. The molecule has 9 nitrogen and oxygen atoms in total. The Hall–Kier alpha value is -4.14. The van der Waals surface area contributed by atoms with Crippen molar-refractivity contribution in [1.29, 1.82) is 0 Å². The number of ether oxygens (including phenoxy) is 1. The van der Waals surface area contributed by atoms with E-state index >= 15 is 0 Å². The molecule has 0 fully saturated rings. The number of nitrogens with zero attached hydrogens (tertiary/aromatic N) is 3. The van der Waals surface area contributed by atoms with Gasteiger partial charge in [0.25, 0.3) is 11.8 Å². The number of hydrogen-bond acceptors (Lipinski definition) is 5. The zero-order valence-corrected chi connectivity index (χ0v) is 15.8. The maximum absolute atomic E-state index is 12.8. The van der Waals surface area contributed by atoms with Gasteiger partial charge in [0, 0.05) is 5.69 Å². The predicted molar refractivity (Wildman–Crippen MR) is 107 cm³/mol. The van der Waals surface area contributed by atoms with Crippen molar-refractivity contribution in [2.45, 2.75) is 6.92 Å². The van der Waals surface area contributed by atoms with E-state index in [0.29, 0.717) is 22.9 Å². The van der Waals surface area contributed by atoms with E-state index in [4.69, 9.17) is 10.5 Å².